The fourth-order valence-corrected chi connectivity index (χ4v) is 1.41. The van der Waals surface area contributed by atoms with Crippen LogP contribution in [0, 0.1) is 12.3 Å². The van der Waals surface area contributed by atoms with Crippen LogP contribution in [-0.2, 0) is 9.47 Å². The van der Waals surface area contributed by atoms with Crippen molar-refractivity contribution >= 4 is 0 Å². The zero-order chi connectivity index (χ0) is 8.97. The van der Waals surface area contributed by atoms with E-state index >= 15 is 0 Å². The molecule has 1 aliphatic heterocycles. The maximum Gasteiger partial charge on any atom is 0.107 e. The van der Waals surface area contributed by atoms with Crippen LogP contribution in [0.1, 0.15) is 13.3 Å². The summed E-state index contributed by atoms with van der Waals surface area (Å²) in [7, 11) is 0. The molecule has 12 heavy (non-hydrogen) atoms. The highest BCUT2D eigenvalue weighted by Crippen LogP contribution is 2.22. The van der Waals surface area contributed by atoms with Crippen LogP contribution in [0.3, 0.4) is 0 Å². The number of hydrogen-bond donors (Lipinski definition) is 1. The third-order valence-corrected chi connectivity index (χ3v) is 1.95. The van der Waals surface area contributed by atoms with E-state index in [1.54, 1.807) is 0 Å². The molecule has 3 atom stereocenters. The second kappa shape index (κ2) is 4.46. The van der Waals surface area contributed by atoms with Gasteiger partial charge in [0.25, 0.3) is 0 Å². The van der Waals surface area contributed by atoms with E-state index in [1.807, 2.05) is 6.92 Å². The molecule has 0 aromatic heterocycles. The molecule has 1 saturated heterocycles. The van der Waals surface area contributed by atoms with E-state index in [0.29, 0.717) is 0 Å². The van der Waals surface area contributed by atoms with Crippen LogP contribution in [-0.4, -0.2) is 36.6 Å². The molecule has 0 amide bonds. The third-order valence-electron chi connectivity index (χ3n) is 1.95. The molecule has 3 nitrogen and oxygen atoms in total. The SMILES string of the molecule is C#CCOC1C[C@H](C)O[C@@H]1CO. The lowest BCUT2D eigenvalue weighted by Crippen LogP contribution is -2.27. The summed E-state index contributed by atoms with van der Waals surface area (Å²) in [6.07, 6.45) is 5.78. The highest BCUT2D eigenvalue weighted by atomic mass is 16.6. The Morgan fingerprint density at radius 1 is 1.75 bits per heavy atom. The number of aliphatic hydroxyl groups is 1. The second-order valence-corrected chi connectivity index (χ2v) is 2.96. The quantitative estimate of drug-likeness (QED) is 0.614. The molecule has 0 bridgehead atoms. The predicted octanol–water partition coefficient (Wildman–Crippen LogP) is 0.174. The Bertz CT molecular complexity index is 173. The Balaban J connectivity index is 2.36. The highest BCUT2D eigenvalue weighted by Gasteiger charge is 2.32. The monoisotopic (exact) mass is 170 g/mol. The van der Waals surface area contributed by atoms with Gasteiger partial charge in [-0.2, -0.15) is 0 Å². The first-order chi connectivity index (χ1) is 5.77. The molecule has 0 radical (unpaired) electrons. The molecule has 1 fully saturated rings. The van der Waals surface area contributed by atoms with Gasteiger partial charge in [-0.15, -0.1) is 6.42 Å². The predicted molar refractivity (Wildman–Crippen MR) is 44.6 cm³/mol. The summed E-state index contributed by atoms with van der Waals surface area (Å²) in [5.41, 5.74) is 0. The van der Waals surface area contributed by atoms with Gasteiger partial charge in [0.05, 0.1) is 18.8 Å². The van der Waals surface area contributed by atoms with Gasteiger partial charge < -0.3 is 14.6 Å². The summed E-state index contributed by atoms with van der Waals surface area (Å²) >= 11 is 0. The number of hydrogen-bond acceptors (Lipinski definition) is 3. The number of ether oxygens (including phenoxy) is 2. The number of rotatable bonds is 3. The smallest absolute Gasteiger partial charge is 0.107 e. The summed E-state index contributed by atoms with van der Waals surface area (Å²) in [5.74, 6) is 2.39. The summed E-state index contributed by atoms with van der Waals surface area (Å²) in [4.78, 5) is 0. The molecule has 1 unspecified atom stereocenters. The molecule has 68 valence electrons. The maximum atomic E-state index is 8.90. The Hall–Kier alpha value is -0.560. The van der Waals surface area contributed by atoms with Crippen LogP contribution in [0.2, 0.25) is 0 Å². The van der Waals surface area contributed by atoms with E-state index < -0.39 is 0 Å². The minimum Gasteiger partial charge on any atom is -0.394 e. The first-order valence-electron chi connectivity index (χ1n) is 4.09. The zero-order valence-electron chi connectivity index (χ0n) is 7.19. The minimum atomic E-state index is -0.201. The fourth-order valence-electron chi connectivity index (χ4n) is 1.41. The van der Waals surface area contributed by atoms with Crippen molar-refractivity contribution in [3.8, 4) is 12.3 Å². The van der Waals surface area contributed by atoms with Crippen molar-refractivity contribution in [3.63, 3.8) is 0 Å². The first-order valence-corrected chi connectivity index (χ1v) is 4.09. The van der Waals surface area contributed by atoms with Crippen molar-refractivity contribution in [3.05, 3.63) is 0 Å². The van der Waals surface area contributed by atoms with E-state index in [4.69, 9.17) is 21.0 Å². The fraction of sp³-hybridized carbons (Fsp3) is 0.778. The van der Waals surface area contributed by atoms with Crippen molar-refractivity contribution in [2.75, 3.05) is 13.2 Å². The molecule has 0 spiro atoms. The lowest BCUT2D eigenvalue weighted by Gasteiger charge is -2.14. The van der Waals surface area contributed by atoms with E-state index in [9.17, 15) is 0 Å². The average Bonchev–Trinajstić information content (AvgIpc) is 2.42. The standard InChI is InChI=1S/C9H14O3/c1-3-4-11-8-5-7(2)12-9(8)6-10/h1,7-10H,4-6H2,2H3/t7-,8?,9+/m0/s1. The van der Waals surface area contributed by atoms with Crippen molar-refractivity contribution in [2.24, 2.45) is 0 Å². The van der Waals surface area contributed by atoms with Crippen molar-refractivity contribution < 1.29 is 14.6 Å². The van der Waals surface area contributed by atoms with Gasteiger partial charge in [-0.1, -0.05) is 5.92 Å². The molecular formula is C9H14O3. The van der Waals surface area contributed by atoms with Crippen LogP contribution in [0.4, 0.5) is 0 Å². The van der Waals surface area contributed by atoms with Gasteiger partial charge >= 0.3 is 0 Å². The topological polar surface area (TPSA) is 38.7 Å². The normalized spacial score (nSPS) is 34.9. The van der Waals surface area contributed by atoms with Gasteiger partial charge in [0.1, 0.15) is 12.7 Å². The molecule has 0 aromatic rings. The second-order valence-electron chi connectivity index (χ2n) is 2.96. The largest absolute Gasteiger partial charge is 0.394 e. The maximum absolute atomic E-state index is 8.90. The summed E-state index contributed by atoms with van der Waals surface area (Å²) in [5, 5.41) is 8.90. The van der Waals surface area contributed by atoms with E-state index in [0.717, 1.165) is 6.42 Å². The van der Waals surface area contributed by atoms with Crippen LogP contribution in [0.25, 0.3) is 0 Å². The van der Waals surface area contributed by atoms with Gasteiger partial charge in [0, 0.05) is 6.42 Å². The number of aliphatic hydroxyl groups excluding tert-OH is 1. The number of terminal acetylenes is 1. The lowest BCUT2D eigenvalue weighted by atomic mass is 10.1. The van der Waals surface area contributed by atoms with E-state index in [-0.39, 0.29) is 31.5 Å². The molecular weight excluding hydrogens is 156 g/mol. The molecule has 1 rings (SSSR count). The summed E-state index contributed by atoms with van der Waals surface area (Å²) in [6, 6.07) is 0. The molecule has 0 saturated carbocycles. The Morgan fingerprint density at radius 3 is 3.08 bits per heavy atom. The van der Waals surface area contributed by atoms with E-state index in [1.165, 1.54) is 0 Å². The van der Waals surface area contributed by atoms with Crippen LogP contribution in [0.5, 0.6) is 0 Å². The lowest BCUT2D eigenvalue weighted by molar-refractivity contribution is -0.0368. The van der Waals surface area contributed by atoms with Crippen molar-refractivity contribution in [2.45, 2.75) is 31.7 Å². The average molecular weight is 170 g/mol. The molecule has 3 heteroatoms. The van der Waals surface area contributed by atoms with Crippen molar-refractivity contribution in [1.82, 2.24) is 0 Å². The van der Waals surface area contributed by atoms with Gasteiger partial charge in [-0.25, -0.2) is 0 Å². The van der Waals surface area contributed by atoms with Crippen LogP contribution in [0.15, 0.2) is 0 Å². The molecule has 1 heterocycles. The molecule has 1 aliphatic rings. The minimum absolute atomic E-state index is 0.000419. The Labute approximate surface area is 72.7 Å². The molecule has 1 N–H and O–H groups in total. The molecule has 0 aromatic carbocycles. The van der Waals surface area contributed by atoms with Gasteiger partial charge in [-0.05, 0) is 6.92 Å². The van der Waals surface area contributed by atoms with Crippen LogP contribution < -0.4 is 0 Å². The summed E-state index contributed by atoms with van der Waals surface area (Å²) < 4.78 is 10.7. The van der Waals surface area contributed by atoms with Crippen molar-refractivity contribution in [1.29, 1.82) is 0 Å². The van der Waals surface area contributed by atoms with Gasteiger partial charge in [0.2, 0.25) is 0 Å². The summed E-state index contributed by atoms with van der Waals surface area (Å²) in [6.45, 7) is 2.25. The highest BCUT2D eigenvalue weighted by molar-refractivity contribution is 4.87. The van der Waals surface area contributed by atoms with E-state index in [2.05, 4.69) is 5.92 Å². The Kier molecular flexibility index (Phi) is 3.54. The first kappa shape index (κ1) is 9.53. The van der Waals surface area contributed by atoms with Gasteiger partial charge in [-0.3, -0.25) is 0 Å². The molecule has 0 aliphatic carbocycles. The van der Waals surface area contributed by atoms with Gasteiger partial charge in [0.15, 0.2) is 0 Å². The Morgan fingerprint density at radius 2 is 2.50 bits per heavy atom. The zero-order valence-corrected chi connectivity index (χ0v) is 7.19. The van der Waals surface area contributed by atoms with Crippen LogP contribution >= 0.6 is 0 Å². The third kappa shape index (κ3) is 2.21.